The second kappa shape index (κ2) is 7.82. The highest BCUT2D eigenvalue weighted by molar-refractivity contribution is 5.95. The van der Waals surface area contributed by atoms with Crippen molar-refractivity contribution in [3.05, 3.63) is 72.7 Å². The van der Waals surface area contributed by atoms with Crippen LogP contribution in [0.25, 0.3) is 0 Å². The first-order chi connectivity index (χ1) is 13.3. The van der Waals surface area contributed by atoms with E-state index in [0.29, 0.717) is 30.4 Å². The van der Waals surface area contributed by atoms with Crippen LogP contribution in [0.3, 0.4) is 0 Å². The minimum Gasteiger partial charge on any atom is -0.340 e. The molecule has 3 heterocycles. The molecular weight excluding hydrogens is 340 g/mol. The summed E-state index contributed by atoms with van der Waals surface area (Å²) in [7, 11) is 0. The minimum absolute atomic E-state index is 0.0159. The number of para-hydroxylation sites is 1. The fraction of sp³-hybridized carbons (Fsp3) is 0.200. The lowest BCUT2D eigenvalue weighted by Crippen LogP contribution is -2.49. The molecule has 0 atom stereocenters. The fourth-order valence-corrected chi connectivity index (χ4v) is 3.05. The number of nitrogens with zero attached hydrogens (tertiary/aromatic N) is 5. The van der Waals surface area contributed by atoms with Crippen LogP contribution in [0.2, 0.25) is 0 Å². The Kier molecular flexibility index (Phi) is 4.91. The Bertz CT molecular complexity index is 895. The first kappa shape index (κ1) is 17.0. The van der Waals surface area contributed by atoms with Gasteiger partial charge in [0.2, 0.25) is 5.95 Å². The molecule has 7 heteroatoms. The number of carbonyl (C=O) groups excluding carboxylic acids is 1. The number of pyridine rings is 1. The molecule has 1 aliphatic heterocycles. The Morgan fingerprint density at radius 3 is 2.33 bits per heavy atom. The molecule has 136 valence electrons. The van der Waals surface area contributed by atoms with E-state index < -0.39 is 0 Å². The van der Waals surface area contributed by atoms with Crippen molar-refractivity contribution in [3.63, 3.8) is 0 Å². The summed E-state index contributed by atoms with van der Waals surface area (Å²) in [6.45, 7) is 2.72. The molecule has 0 aliphatic carbocycles. The summed E-state index contributed by atoms with van der Waals surface area (Å²) in [6, 6.07) is 15.1. The normalized spacial score (nSPS) is 14.1. The fourth-order valence-electron chi connectivity index (χ4n) is 3.05. The number of anilines is 3. The summed E-state index contributed by atoms with van der Waals surface area (Å²) >= 11 is 0. The van der Waals surface area contributed by atoms with Crippen molar-refractivity contribution in [2.75, 3.05) is 36.4 Å². The Balaban J connectivity index is 1.41. The Morgan fingerprint density at radius 2 is 1.59 bits per heavy atom. The van der Waals surface area contributed by atoms with Crippen molar-refractivity contribution in [1.29, 1.82) is 0 Å². The molecule has 7 nitrogen and oxygen atoms in total. The van der Waals surface area contributed by atoms with Crippen molar-refractivity contribution in [2.45, 2.75) is 0 Å². The van der Waals surface area contributed by atoms with Crippen molar-refractivity contribution in [1.82, 2.24) is 19.9 Å². The topological polar surface area (TPSA) is 74.2 Å². The summed E-state index contributed by atoms with van der Waals surface area (Å²) in [5.74, 6) is 1.38. The summed E-state index contributed by atoms with van der Waals surface area (Å²) < 4.78 is 0. The second-order valence-electron chi connectivity index (χ2n) is 6.25. The largest absolute Gasteiger partial charge is 0.340 e. The molecule has 1 amide bonds. The van der Waals surface area contributed by atoms with Gasteiger partial charge < -0.3 is 15.1 Å². The second-order valence-corrected chi connectivity index (χ2v) is 6.25. The molecule has 1 aromatic carbocycles. The predicted molar refractivity (Wildman–Crippen MR) is 104 cm³/mol. The van der Waals surface area contributed by atoms with Crippen LogP contribution >= 0.6 is 0 Å². The predicted octanol–water partition coefficient (Wildman–Crippen LogP) is 2.58. The lowest BCUT2D eigenvalue weighted by Gasteiger charge is -2.34. The van der Waals surface area contributed by atoms with E-state index in [0.717, 1.165) is 18.8 Å². The van der Waals surface area contributed by atoms with E-state index in [9.17, 15) is 4.79 Å². The van der Waals surface area contributed by atoms with Crippen LogP contribution < -0.4 is 10.2 Å². The molecule has 4 rings (SSSR count). The van der Waals surface area contributed by atoms with Gasteiger partial charge >= 0.3 is 0 Å². The first-order valence-corrected chi connectivity index (χ1v) is 8.89. The van der Waals surface area contributed by atoms with Crippen LogP contribution in [0.1, 0.15) is 10.4 Å². The zero-order valence-corrected chi connectivity index (χ0v) is 14.8. The van der Waals surface area contributed by atoms with E-state index >= 15 is 0 Å². The molecule has 3 aromatic rings. The third-order valence-electron chi connectivity index (χ3n) is 4.45. The summed E-state index contributed by atoms with van der Waals surface area (Å²) in [6.07, 6.45) is 5.13. The number of amides is 1. The van der Waals surface area contributed by atoms with Gasteiger partial charge in [-0.2, -0.15) is 0 Å². The van der Waals surface area contributed by atoms with Crippen molar-refractivity contribution >= 4 is 23.4 Å². The van der Waals surface area contributed by atoms with Crippen molar-refractivity contribution < 1.29 is 4.79 Å². The summed E-state index contributed by atoms with van der Waals surface area (Å²) in [5.41, 5.74) is 1.57. The number of carbonyl (C=O) groups is 1. The van der Waals surface area contributed by atoms with Gasteiger partial charge in [0.1, 0.15) is 5.82 Å². The summed E-state index contributed by atoms with van der Waals surface area (Å²) in [4.78, 5) is 29.7. The first-order valence-electron chi connectivity index (χ1n) is 8.89. The van der Waals surface area contributed by atoms with E-state index in [2.05, 4.69) is 25.2 Å². The van der Waals surface area contributed by atoms with Crippen LogP contribution in [0.15, 0.2) is 67.1 Å². The van der Waals surface area contributed by atoms with Gasteiger partial charge in [-0.05, 0) is 30.3 Å². The van der Waals surface area contributed by atoms with Crippen LogP contribution in [0.5, 0.6) is 0 Å². The van der Waals surface area contributed by atoms with E-state index in [-0.39, 0.29) is 5.91 Å². The van der Waals surface area contributed by atoms with Gasteiger partial charge in [0.25, 0.3) is 5.91 Å². The standard InChI is InChI=1S/C20H20N6O/c27-19(25-11-13-26(14-12-25)20-22-8-4-9-23-20)16-7-10-21-18(15-16)24-17-5-2-1-3-6-17/h1-10,15H,11-14H2,(H,21,24). The number of nitrogens with one attached hydrogen (secondary N) is 1. The lowest BCUT2D eigenvalue weighted by molar-refractivity contribution is 0.0746. The number of benzene rings is 1. The SMILES string of the molecule is O=C(c1ccnc(Nc2ccccc2)c1)N1CCN(c2ncccn2)CC1. The molecule has 0 unspecified atom stereocenters. The molecule has 1 aliphatic rings. The quantitative estimate of drug-likeness (QED) is 0.771. The van der Waals surface area contributed by atoms with Crippen LogP contribution in [0, 0.1) is 0 Å². The highest BCUT2D eigenvalue weighted by atomic mass is 16.2. The van der Waals surface area contributed by atoms with Crippen LogP contribution in [-0.4, -0.2) is 51.9 Å². The van der Waals surface area contributed by atoms with E-state index in [1.165, 1.54) is 0 Å². The molecule has 0 bridgehead atoms. The maximum atomic E-state index is 12.9. The third-order valence-corrected chi connectivity index (χ3v) is 4.45. The van der Waals surface area contributed by atoms with Gasteiger partial charge in [0.05, 0.1) is 0 Å². The molecular formula is C20H20N6O. The number of rotatable bonds is 4. The average molecular weight is 360 g/mol. The third kappa shape index (κ3) is 4.03. The molecule has 1 saturated heterocycles. The smallest absolute Gasteiger partial charge is 0.254 e. The molecule has 1 fully saturated rings. The van der Waals surface area contributed by atoms with Gasteiger partial charge in [-0.3, -0.25) is 4.79 Å². The maximum absolute atomic E-state index is 12.9. The Morgan fingerprint density at radius 1 is 0.852 bits per heavy atom. The Hall–Kier alpha value is -3.48. The minimum atomic E-state index is 0.0159. The van der Waals surface area contributed by atoms with Gasteiger partial charge in [-0.1, -0.05) is 18.2 Å². The van der Waals surface area contributed by atoms with Crippen LogP contribution in [0.4, 0.5) is 17.5 Å². The highest BCUT2D eigenvalue weighted by Gasteiger charge is 2.23. The van der Waals surface area contributed by atoms with Crippen LogP contribution in [-0.2, 0) is 0 Å². The Labute approximate surface area is 157 Å². The zero-order valence-electron chi connectivity index (χ0n) is 14.8. The molecule has 1 N–H and O–H groups in total. The molecule has 27 heavy (non-hydrogen) atoms. The molecule has 2 aromatic heterocycles. The molecule has 0 saturated carbocycles. The number of piperazine rings is 1. The van der Waals surface area contributed by atoms with Gasteiger partial charge in [-0.15, -0.1) is 0 Å². The highest BCUT2D eigenvalue weighted by Crippen LogP contribution is 2.17. The molecule has 0 radical (unpaired) electrons. The number of aromatic nitrogens is 3. The zero-order chi connectivity index (χ0) is 18.5. The number of hydrogen-bond donors (Lipinski definition) is 1. The monoisotopic (exact) mass is 360 g/mol. The van der Waals surface area contributed by atoms with E-state index in [1.54, 1.807) is 36.8 Å². The van der Waals surface area contributed by atoms with Crippen molar-refractivity contribution in [3.8, 4) is 0 Å². The lowest BCUT2D eigenvalue weighted by atomic mass is 10.2. The van der Waals surface area contributed by atoms with Crippen molar-refractivity contribution in [2.24, 2.45) is 0 Å². The van der Waals surface area contributed by atoms with E-state index in [1.807, 2.05) is 35.2 Å². The van der Waals surface area contributed by atoms with Gasteiger partial charge in [0.15, 0.2) is 0 Å². The molecule has 0 spiro atoms. The average Bonchev–Trinajstić information content (AvgIpc) is 2.75. The summed E-state index contributed by atoms with van der Waals surface area (Å²) in [5, 5.41) is 3.22. The number of hydrogen-bond acceptors (Lipinski definition) is 6. The van der Waals surface area contributed by atoms with Gasteiger partial charge in [0, 0.05) is 56.0 Å². The van der Waals surface area contributed by atoms with E-state index in [4.69, 9.17) is 0 Å². The van der Waals surface area contributed by atoms with Gasteiger partial charge in [-0.25, -0.2) is 15.0 Å². The maximum Gasteiger partial charge on any atom is 0.254 e.